The van der Waals surface area contributed by atoms with E-state index in [2.05, 4.69) is 10.0 Å². The first-order chi connectivity index (χ1) is 13.8. The highest BCUT2D eigenvalue weighted by molar-refractivity contribution is 7.92. The van der Waals surface area contributed by atoms with Crippen LogP contribution in [0.25, 0.3) is 0 Å². The Morgan fingerprint density at radius 1 is 0.862 bits per heavy atom. The molecule has 0 spiro atoms. The van der Waals surface area contributed by atoms with E-state index in [1.165, 1.54) is 48.5 Å². The summed E-state index contributed by atoms with van der Waals surface area (Å²) >= 11 is 0. The number of benzene rings is 3. The maximum absolute atomic E-state index is 13.7. The Balaban J connectivity index is 1.78. The van der Waals surface area contributed by atoms with Gasteiger partial charge < -0.3 is 5.32 Å². The van der Waals surface area contributed by atoms with Crippen LogP contribution in [0.15, 0.2) is 77.7 Å². The molecule has 0 aliphatic rings. The number of halogens is 1. The molecule has 2 N–H and O–H groups in total. The molecule has 0 aliphatic carbocycles. The average Bonchev–Trinajstić information content (AvgIpc) is 2.70. The van der Waals surface area contributed by atoms with Gasteiger partial charge in [0.25, 0.3) is 15.9 Å². The summed E-state index contributed by atoms with van der Waals surface area (Å²) in [6.07, 6.45) is 0. The number of carbonyl (C=O) groups excluding carboxylic acids is 1. The van der Waals surface area contributed by atoms with Crippen molar-refractivity contribution in [1.82, 2.24) is 0 Å². The molecule has 29 heavy (non-hydrogen) atoms. The van der Waals surface area contributed by atoms with E-state index in [0.717, 1.165) is 5.56 Å². The highest BCUT2D eigenvalue weighted by Crippen LogP contribution is 2.24. The van der Waals surface area contributed by atoms with Crippen molar-refractivity contribution in [3.8, 4) is 0 Å². The maximum atomic E-state index is 13.7. The molecule has 5 nitrogen and oxygen atoms in total. The zero-order chi connectivity index (χ0) is 21.0. The second-order valence-electron chi connectivity index (χ2n) is 6.81. The molecule has 0 heterocycles. The Bertz CT molecular complexity index is 1130. The molecule has 1 amide bonds. The number of para-hydroxylation sites is 2. The van der Waals surface area contributed by atoms with Gasteiger partial charge in [-0.1, -0.05) is 44.2 Å². The molecule has 0 saturated carbocycles. The van der Waals surface area contributed by atoms with Gasteiger partial charge in [-0.3, -0.25) is 9.52 Å². The van der Waals surface area contributed by atoms with E-state index >= 15 is 0 Å². The van der Waals surface area contributed by atoms with Gasteiger partial charge in [-0.15, -0.1) is 0 Å². The summed E-state index contributed by atoms with van der Waals surface area (Å²) < 4.78 is 40.9. The van der Waals surface area contributed by atoms with Gasteiger partial charge in [-0.05, 0) is 53.9 Å². The van der Waals surface area contributed by atoms with Crippen molar-refractivity contribution in [2.75, 3.05) is 10.0 Å². The third-order valence-electron chi connectivity index (χ3n) is 4.38. The molecule has 3 aromatic rings. The Labute approximate surface area is 169 Å². The number of hydrogen-bond donors (Lipinski definition) is 2. The maximum Gasteiger partial charge on any atom is 0.261 e. The van der Waals surface area contributed by atoms with Crippen LogP contribution in [-0.2, 0) is 10.0 Å². The van der Waals surface area contributed by atoms with E-state index in [0.29, 0.717) is 11.3 Å². The normalized spacial score (nSPS) is 11.3. The van der Waals surface area contributed by atoms with Crippen LogP contribution in [0.2, 0.25) is 0 Å². The van der Waals surface area contributed by atoms with E-state index in [9.17, 15) is 17.6 Å². The first-order valence-corrected chi connectivity index (χ1v) is 10.5. The van der Waals surface area contributed by atoms with Gasteiger partial charge in [0.05, 0.1) is 10.6 Å². The first kappa shape index (κ1) is 20.5. The molecular weight excluding hydrogens is 391 g/mol. The highest BCUT2D eigenvalue weighted by Gasteiger charge is 2.17. The highest BCUT2D eigenvalue weighted by atomic mass is 32.2. The second kappa shape index (κ2) is 8.45. The summed E-state index contributed by atoms with van der Waals surface area (Å²) in [5.41, 5.74) is 1.90. The van der Waals surface area contributed by atoms with Gasteiger partial charge in [0.2, 0.25) is 0 Å². The molecule has 0 aliphatic heterocycles. The van der Waals surface area contributed by atoms with Crippen molar-refractivity contribution < 1.29 is 17.6 Å². The van der Waals surface area contributed by atoms with Gasteiger partial charge in [0.1, 0.15) is 5.82 Å². The van der Waals surface area contributed by atoms with Crippen LogP contribution in [0, 0.1) is 5.82 Å². The molecule has 150 valence electrons. The SMILES string of the molecule is CC(C)c1ccccc1NC(=O)c1ccc(S(=O)(=O)Nc2ccccc2F)cc1. The Morgan fingerprint density at radius 2 is 1.45 bits per heavy atom. The van der Waals surface area contributed by atoms with Crippen molar-refractivity contribution in [2.24, 2.45) is 0 Å². The molecular formula is C22H21FN2O3S. The van der Waals surface area contributed by atoms with Crippen LogP contribution < -0.4 is 10.0 Å². The lowest BCUT2D eigenvalue weighted by molar-refractivity contribution is 0.102. The summed E-state index contributed by atoms with van der Waals surface area (Å²) in [5, 5.41) is 2.86. The molecule has 0 fully saturated rings. The Morgan fingerprint density at radius 3 is 2.07 bits per heavy atom. The van der Waals surface area contributed by atoms with E-state index < -0.39 is 15.8 Å². The first-order valence-electron chi connectivity index (χ1n) is 9.05. The summed E-state index contributed by atoms with van der Waals surface area (Å²) in [6, 6.07) is 18.5. The quantitative estimate of drug-likeness (QED) is 0.598. The fraction of sp³-hybridized carbons (Fsp3) is 0.136. The van der Waals surface area contributed by atoms with Crippen molar-refractivity contribution in [3.63, 3.8) is 0 Å². The molecule has 0 saturated heterocycles. The summed E-state index contributed by atoms with van der Waals surface area (Å²) in [7, 11) is -3.98. The number of hydrogen-bond acceptors (Lipinski definition) is 3. The zero-order valence-corrected chi connectivity index (χ0v) is 16.8. The molecule has 0 atom stereocenters. The van der Waals surface area contributed by atoms with Gasteiger partial charge in [0.15, 0.2) is 0 Å². The average molecular weight is 412 g/mol. The number of rotatable bonds is 6. The number of sulfonamides is 1. The summed E-state index contributed by atoms with van der Waals surface area (Å²) in [6.45, 7) is 4.07. The van der Waals surface area contributed by atoms with Gasteiger partial charge in [-0.25, -0.2) is 12.8 Å². The minimum Gasteiger partial charge on any atom is -0.322 e. The van der Waals surface area contributed by atoms with Crippen molar-refractivity contribution >= 4 is 27.3 Å². The number of carbonyl (C=O) groups is 1. The van der Waals surface area contributed by atoms with Crippen LogP contribution in [0.5, 0.6) is 0 Å². The van der Waals surface area contributed by atoms with Crippen molar-refractivity contribution in [3.05, 3.63) is 89.7 Å². The van der Waals surface area contributed by atoms with E-state index in [-0.39, 0.29) is 22.4 Å². The third-order valence-corrected chi connectivity index (χ3v) is 5.76. The molecule has 0 bridgehead atoms. The largest absolute Gasteiger partial charge is 0.322 e. The molecule has 7 heteroatoms. The van der Waals surface area contributed by atoms with E-state index in [1.54, 1.807) is 0 Å². The second-order valence-corrected chi connectivity index (χ2v) is 8.49. The fourth-order valence-corrected chi connectivity index (χ4v) is 3.91. The molecule has 0 radical (unpaired) electrons. The lowest BCUT2D eigenvalue weighted by Crippen LogP contribution is -2.16. The van der Waals surface area contributed by atoms with Gasteiger partial charge >= 0.3 is 0 Å². The molecule has 0 unspecified atom stereocenters. The minimum absolute atomic E-state index is 0.0696. The number of anilines is 2. The minimum atomic E-state index is -3.98. The number of amides is 1. The van der Waals surface area contributed by atoms with Crippen molar-refractivity contribution in [2.45, 2.75) is 24.7 Å². The summed E-state index contributed by atoms with van der Waals surface area (Å²) in [5.74, 6) is -0.775. The van der Waals surface area contributed by atoms with Gasteiger partial charge in [-0.2, -0.15) is 0 Å². The predicted molar refractivity (Wildman–Crippen MR) is 112 cm³/mol. The third kappa shape index (κ3) is 4.81. The molecule has 3 aromatic carbocycles. The number of nitrogens with one attached hydrogen (secondary N) is 2. The van der Waals surface area contributed by atoms with Crippen LogP contribution in [0.1, 0.15) is 35.7 Å². The standard InChI is InChI=1S/C22H21FN2O3S/c1-15(2)18-7-3-5-9-20(18)24-22(26)16-11-13-17(14-12-16)29(27,28)25-21-10-6-4-8-19(21)23/h3-15,25H,1-2H3,(H,24,26). The van der Waals surface area contributed by atoms with Crippen LogP contribution >= 0.6 is 0 Å². The lowest BCUT2D eigenvalue weighted by Gasteiger charge is -2.14. The predicted octanol–water partition coefficient (Wildman–Crippen LogP) is 5.00. The molecule has 3 rings (SSSR count). The smallest absolute Gasteiger partial charge is 0.261 e. The van der Waals surface area contributed by atoms with E-state index in [4.69, 9.17) is 0 Å². The Kier molecular flexibility index (Phi) is 5.98. The van der Waals surface area contributed by atoms with Crippen LogP contribution in [-0.4, -0.2) is 14.3 Å². The van der Waals surface area contributed by atoms with Crippen LogP contribution in [0.4, 0.5) is 15.8 Å². The van der Waals surface area contributed by atoms with Gasteiger partial charge in [0, 0.05) is 11.3 Å². The Hall–Kier alpha value is -3.19. The van der Waals surface area contributed by atoms with Crippen LogP contribution in [0.3, 0.4) is 0 Å². The zero-order valence-electron chi connectivity index (χ0n) is 16.0. The topological polar surface area (TPSA) is 75.3 Å². The monoisotopic (exact) mass is 412 g/mol. The molecule has 0 aromatic heterocycles. The van der Waals surface area contributed by atoms with Crippen molar-refractivity contribution in [1.29, 1.82) is 0 Å². The lowest BCUT2D eigenvalue weighted by atomic mass is 10.0. The fourth-order valence-electron chi connectivity index (χ4n) is 2.84. The van der Waals surface area contributed by atoms with E-state index in [1.807, 2.05) is 38.1 Å². The summed E-state index contributed by atoms with van der Waals surface area (Å²) in [4.78, 5) is 12.5.